The van der Waals surface area contributed by atoms with Gasteiger partial charge < -0.3 is 10.1 Å². The lowest BCUT2D eigenvalue weighted by Gasteiger charge is -2.11. The van der Waals surface area contributed by atoms with Crippen molar-refractivity contribution in [3.8, 4) is 11.4 Å². The average molecular weight is 344 g/mol. The third kappa shape index (κ3) is 2.92. The highest BCUT2D eigenvalue weighted by Gasteiger charge is 2.06. The molecule has 1 heterocycles. The van der Waals surface area contributed by atoms with Crippen LogP contribution < -0.4 is 10.1 Å². The van der Waals surface area contributed by atoms with Gasteiger partial charge in [-0.05, 0) is 46.3 Å². The van der Waals surface area contributed by atoms with E-state index in [0.717, 1.165) is 27.5 Å². The molecule has 0 amide bonds. The van der Waals surface area contributed by atoms with Crippen LogP contribution in [0.15, 0.2) is 65.4 Å². The van der Waals surface area contributed by atoms with Crippen LogP contribution in [-0.4, -0.2) is 16.7 Å². The molecule has 0 unspecified atom stereocenters. The monoisotopic (exact) mass is 343 g/mol. The molecular formula is C16H14BrN3O. The molecule has 0 saturated carbocycles. The number of anilines is 2. The molecule has 3 aromatic rings. The number of methoxy groups -OCH3 is 1. The topological polar surface area (TPSA) is 39.1 Å². The Bertz CT molecular complexity index is 740. The van der Waals surface area contributed by atoms with E-state index >= 15 is 0 Å². The summed E-state index contributed by atoms with van der Waals surface area (Å²) in [7, 11) is 1.65. The summed E-state index contributed by atoms with van der Waals surface area (Å²) in [6.07, 6.45) is 3.70. The first-order valence-electron chi connectivity index (χ1n) is 6.47. The fourth-order valence-corrected chi connectivity index (χ4v) is 2.61. The molecule has 0 aliphatic carbocycles. The molecule has 0 saturated heterocycles. The number of para-hydroxylation sites is 1. The Morgan fingerprint density at radius 2 is 1.95 bits per heavy atom. The van der Waals surface area contributed by atoms with Crippen LogP contribution in [0, 0.1) is 0 Å². The van der Waals surface area contributed by atoms with E-state index in [2.05, 4.69) is 26.2 Å². The van der Waals surface area contributed by atoms with Gasteiger partial charge in [-0.3, -0.25) is 4.57 Å². The van der Waals surface area contributed by atoms with Crippen LogP contribution >= 0.6 is 15.9 Å². The molecule has 0 radical (unpaired) electrons. The number of rotatable bonds is 4. The van der Waals surface area contributed by atoms with Crippen molar-refractivity contribution in [3.63, 3.8) is 0 Å². The summed E-state index contributed by atoms with van der Waals surface area (Å²) in [5, 5.41) is 3.31. The molecule has 0 bridgehead atoms. The normalized spacial score (nSPS) is 10.4. The lowest BCUT2D eigenvalue weighted by atomic mass is 10.3. The van der Waals surface area contributed by atoms with Crippen molar-refractivity contribution < 1.29 is 4.74 Å². The summed E-state index contributed by atoms with van der Waals surface area (Å²) in [6.45, 7) is 0. The predicted molar refractivity (Wildman–Crippen MR) is 87.5 cm³/mol. The molecule has 4 nitrogen and oxygen atoms in total. The number of nitrogens with one attached hydrogen (secondary N) is 1. The first kappa shape index (κ1) is 13.7. The maximum atomic E-state index is 5.23. The molecule has 1 N–H and O–H groups in total. The molecular weight excluding hydrogens is 330 g/mol. The molecule has 0 atom stereocenters. The summed E-state index contributed by atoms with van der Waals surface area (Å²) in [5.74, 6) is 1.56. The number of nitrogens with zero attached hydrogens (tertiary/aromatic N) is 2. The number of halogens is 1. The average Bonchev–Trinajstić information content (AvgIpc) is 2.96. The fraction of sp³-hybridized carbons (Fsp3) is 0.0625. The minimum atomic E-state index is 0.762. The van der Waals surface area contributed by atoms with Gasteiger partial charge in [-0.1, -0.05) is 18.2 Å². The second kappa shape index (κ2) is 6.01. The number of ether oxygens (including phenoxy) is 1. The Labute approximate surface area is 131 Å². The Morgan fingerprint density at radius 3 is 2.67 bits per heavy atom. The summed E-state index contributed by atoms with van der Waals surface area (Å²) < 4.78 is 8.13. The number of aromatic nitrogens is 2. The van der Waals surface area contributed by atoms with E-state index in [9.17, 15) is 0 Å². The lowest BCUT2D eigenvalue weighted by Crippen LogP contribution is -2.01. The number of hydrogen-bond acceptors (Lipinski definition) is 3. The van der Waals surface area contributed by atoms with Crippen molar-refractivity contribution in [1.82, 2.24) is 9.55 Å². The minimum Gasteiger partial charge on any atom is -0.496 e. The van der Waals surface area contributed by atoms with Gasteiger partial charge >= 0.3 is 0 Å². The molecule has 0 fully saturated rings. The Morgan fingerprint density at radius 1 is 1.14 bits per heavy atom. The molecule has 106 valence electrons. The maximum Gasteiger partial charge on any atom is 0.212 e. The van der Waals surface area contributed by atoms with Crippen molar-refractivity contribution in [3.05, 3.63) is 65.4 Å². The second-order valence-electron chi connectivity index (χ2n) is 4.43. The predicted octanol–water partition coefficient (Wildman–Crippen LogP) is 4.39. The highest BCUT2D eigenvalue weighted by molar-refractivity contribution is 9.10. The third-order valence-corrected chi connectivity index (χ3v) is 3.70. The van der Waals surface area contributed by atoms with Gasteiger partial charge in [0, 0.05) is 23.8 Å². The SMILES string of the molecule is COc1ccc(Nc2nccn2-c2ccccc2)cc1Br. The molecule has 2 aromatic carbocycles. The third-order valence-electron chi connectivity index (χ3n) is 3.08. The zero-order valence-corrected chi connectivity index (χ0v) is 13.0. The molecule has 21 heavy (non-hydrogen) atoms. The number of imidazole rings is 1. The van der Waals surface area contributed by atoms with Gasteiger partial charge in [-0.2, -0.15) is 0 Å². The van der Waals surface area contributed by atoms with Crippen LogP contribution in [0.25, 0.3) is 5.69 Å². The quantitative estimate of drug-likeness (QED) is 0.763. The highest BCUT2D eigenvalue weighted by atomic mass is 79.9. The van der Waals surface area contributed by atoms with Crippen LogP contribution in [-0.2, 0) is 0 Å². The van der Waals surface area contributed by atoms with Crippen LogP contribution in [0.2, 0.25) is 0 Å². The smallest absolute Gasteiger partial charge is 0.212 e. The number of benzene rings is 2. The summed E-state index contributed by atoms with van der Waals surface area (Å²) in [5.41, 5.74) is 2.00. The van der Waals surface area contributed by atoms with E-state index in [1.54, 1.807) is 13.3 Å². The van der Waals surface area contributed by atoms with E-state index in [1.807, 2.05) is 59.3 Å². The van der Waals surface area contributed by atoms with Crippen molar-refractivity contribution >= 4 is 27.6 Å². The van der Waals surface area contributed by atoms with Crippen molar-refractivity contribution in [2.75, 3.05) is 12.4 Å². The molecule has 0 aliphatic heterocycles. The van der Waals surface area contributed by atoms with Crippen molar-refractivity contribution in [2.24, 2.45) is 0 Å². The summed E-state index contributed by atoms with van der Waals surface area (Å²) >= 11 is 3.48. The largest absolute Gasteiger partial charge is 0.496 e. The highest BCUT2D eigenvalue weighted by Crippen LogP contribution is 2.29. The first-order valence-corrected chi connectivity index (χ1v) is 7.26. The van der Waals surface area contributed by atoms with Gasteiger partial charge in [0.2, 0.25) is 5.95 Å². The zero-order chi connectivity index (χ0) is 14.7. The van der Waals surface area contributed by atoms with Gasteiger partial charge in [0.1, 0.15) is 5.75 Å². The second-order valence-corrected chi connectivity index (χ2v) is 5.29. The summed E-state index contributed by atoms with van der Waals surface area (Å²) in [4.78, 5) is 4.37. The fourth-order valence-electron chi connectivity index (χ4n) is 2.07. The van der Waals surface area contributed by atoms with Crippen molar-refractivity contribution in [1.29, 1.82) is 0 Å². The number of hydrogen-bond donors (Lipinski definition) is 1. The van der Waals surface area contributed by atoms with E-state index in [-0.39, 0.29) is 0 Å². The van der Waals surface area contributed by atoms with E-state index in [1.165, 1.54) is 0 Å². The summed E-state index contributed by atoms with van der Waals surface area (Å²) in [6, 6.07) is 15.9. The van der Waals surface area contributed by atoms with Gasteiger partial charge in [0.25, 0.3) is 0 Å². The van der Waals surface area contributed by atoms with Gasteiger partial charge in [-0.25, -0.2) is 4.98 Å². The van der Waals surface area contributed by atoms with Gasteiger partial charge in [-0.15, -0.1) is 0 Å². The maximum absolute atomic E-state index is 5.23. The van der Waals surface area contributed by atoms with Crippen molar-refractivity contribution in [2.45, 2.75) is 0 Å². The molecule has 1 aromatic heterocycles. The standard InChI is InChI=1S/C16H14BrN3O/c1-21-15-8-7-12(11-14(15)17)19-16-18-9-10-20(16)13-5-3-2-4-6-13/h2-11H,1H3,(H,18,19). The van der Waals surface area contributed by atoms with Crippen LogP contribution in [0.4, 0.5) is 11.6 Å². The Kier molecular flexibility index (Phi) is 3.92. The minimum absolute atomic E-state index is 0.762. The Balaban J connectivity index is 1.90. The molecule has 3 rings (SSSR count). The van der Waals surface area contributed by atoms with E-state index in [4.69, 9.17) is 4.74 Å². The van der Waals surface area contributed by atoms with Crippen LogP contribution in [0.3, 0.4) is 0 Å². The van der Waals surface area contributed by atoms with Crippen LogP contribution in [0.1, 0.15) is 0 Å². The van der Waals surface area contributed by atoms with Gasteiger partial charge in [0.15, 0.2) is 0 Å². The van der Waals surface area contributed by atoms with Crippen LogP contribution in [0.5, 0.6) is 5.75 Å². The van der Waals surface area contributed by atoms with E-state index < -0.39 is 0 Å². The Hall–Kier alpha value is -2.27. The molecule has 5 heteroatoms. The zero-order valence-electron chi connectivity index (χ0n) is 11.5. The van der Waals surface area contributed by atoms with E-state index in [0.29, 0.717) is 0 Å². The first-order chi connectivity index (χ1) is 10.3. The van der Waals surface area contributed by atoms with Gasteiger partial charge in [0.05, 0.1) is 11.6 Å². The lowest BCUT2D eigenvalue weighted by molar-refractivity contribution is 0.412. The molecule has 0 aliphatic rings. The molecule has 0 spiro atoms.